The number of nitrogens with one attached hydrogen (secondary N) is 1. The van der Waals surface area contributed by atoms with Crippen molar-refractivity contribution in [2.75, 3.05) is 0 Å². The van der Waals surface area contributed by atoms with Gasteiger partial charge < -0.3 is 4.98 Å². The highest BCUT2D eigenvalue weighted by Gasteiger charge is 2.10. The number of aromatic nitrogens is 2. The zero-order chi connectivity index (χ0) is 15.8. The van der Waals surface area contributed by atoms with E-state index < -0.39 is 0 Å². The maximum absolute atomic E-state index is 6.37. The molecule has 0 aliphatic heterocycles. The Labute approximate surface area is 143 Å². The van der Waals surface area contributed by atoms with Gasteiger partial charge in [0.05, 0.1) is 5.02 Å². The van der Waals surface area contributed by atoms with Crippen LogP contribution in [0.2, 0.25) is 10.0 Å². The molecule has 0 saturated heterocycles. The third-order valence-corrected chi connectivity index (χ3v) is 4.45. The average molecular weight is 339 g/mol. The number of benzene rings is 2. The lowest BCUT2D eigenvalue weighted by molar-refractivity contribution is 1.33. The van der Waals surface area contributed by atoms with E-state index in [1.807, 2.05) is 61.1 Å². The Morgan fingerprint density at radius 3 is 2.43 bits per heavy atom. The van der Waals surface area contributed by atoms with Gasteiger partial charge in [-0.05, 0) is 35.9 Å². The Hall–Kier alpha value is -2.29. The fourth-order valence-corrected chi connectivity index (χ4v) is 3.16. The first-order valence-corrected chi connectivity index (χ1v) is 7.95. The summed E-state index contributed by atoms with van der Waals surface area (Å²) in [4.78, 5) is 7.65. The van der Waals surface area contributed by atoms with Crippen LogP contribution in [0.25, 0.3) is 33.2 Å². The van der Waals surface area contributed by atoms with Crippen molar-refractivity contribution in [3.8, 4) is 22.3 Å². The van der Waals surface area contributed by atoms with Crippen molar-refractivity contribution in [1.82, 2.24) is 9.97 Å². The number of pyridine rings is 1. The number of aromatic amines is 1. The van der Waals surface area contributed by atoms with Crippen molar-refractivity contribution < 1.29 is 0 Å². The van der Waals surface area contributed by atoms with Gasteiger partial charge in [0.2, 0.25) is 0 Å². The van der Waals surface area contributed by atoms with Crippen molar-refractivity contribution in [2.24, 2.45) is 0 Å². The first-order valence-electron chi connectivity index (χ1n) is 7.19. The zero-order valence-corrected chi connectivity index (χ0v) is 13.6. The molecule has 0 fully saturated rings. The lowest BCUT2D eigenvalue weighted by Gasteiger charge is -2.05. The molecule has 0 aliphatic rings. The molecular weight excluding hydrogens is 327 g/mol. The van der Waals surface area contributed by atoms with E-state index in [-0.39, 0.29) is 0 Å². The van der Waals surface area contributed by atoms with Gasteiger partial charge in [0.25, 0.3) is 0 Å². The molecule has 0 unspecified atom stereocenters. The third-order valence-electron chi connectivity index (χ3n) is 3.88. The maximum atomic E-state index is 6.37. The molecule has 0 bridgehead atoms. The summed E-state index contributed by atoms with van der Waals surface area (Å²) in [7, 11) is 0. The summed E-state index contributed by atoms with van der Waals surface area (Å²) in [5, 5.41) is 2.47. The van der Waals surface area contributed by atoms with Crippen molar-refractivity contribution >= 4 is 34.1 Å². The molecule has 1 N–H and O–H groups in total. The second kappa shape index (κ2) is 5.73. The van der Waals surface area contributed by atoms with Gasteiger partial charge in [-0.25, -0.2) is 0 Å². The van der Waals surface area contributed by atoms with E-state index in [1.54, 1.807) is 0 Å². The highest BCUT2D eigenvalue weighted by atomic mass is 35.5. The number of fused-ring (bicyclic) bond motifs is 1. The van der Waals surface area contributed by atoms with Gasteiger partial charge in [-0.15, -0.1) is 0 Å². The number of hydrogen-bond donors (Lipinski definition) is 1. The molecule has 0 amide bonds. The molecule has 4 rings (SSSR count). The quantitative estimate of drug-likeness (QED) is 0.462. The number of H-pyrrole nitrogens is 1. The number of halogens is 2. The molecule has 2 aromatic heterocycles. The van der Waals surface area contributed by atoms with Crippen molar-refractivity contribution in [3.63, 3.8) is 0 Å². The molecule has 4 aromatic rings. The van der Waals surface area contributed by atoms with Gasteiger partial charge in [0, 0.05) is 51.2 Å². The summed E-state index contributed by atoms with van der Waals surface area (Å²) in [5.74, 6) is 0. The smallest absolute Gasteiger partial charge is 0.0506 e. The molecule has 2 heterocycles. The second-order valence-corrected chi connectivity index (χ2v) is 6.18. The van der Waals surface area contributed by atoms with Crippen LogP contribution in [0, 0.1) is 0 Å². The topological polar surface area (TPSA) is 28.7 Å². The first kappa shape index (κ1) is 14.3. The standard InChI is InChI=1S/C19H12Cl2N2/c20-15-6-4-12(5-7-15)13-8-14(10-22-9-13)16-11-23-18-3-1-2-17(21)19(16)18/h1-11,23H. The molecule has 0 saturated carbocycles. The van der Waals surface area contributed by atoms with Crippen LogP contribution >= 0.6 is 23.2 Å². The first-order chi connectivity index (χ1) is 11.2. The number of nitrogens with zero attached hydrogens (tertiary/aromatic N) is 1. The molecular formula is C19H12Cl2N2. The fourth-order valence-electron chi connectivity index (χ4n) is 2.76. The van der Waals surface area contributed by atoms with Crippen LogP contribution in [0.1, 0.15) is 0 Å². The minimum absolute atomic E-state index is 0.723. The minimum atomic E-state index is 0.723. The van der Waals surface area contributed by atoms with Crippen LogP contribution in [0.3, 0.4) is 0 Å². The van der Waals surface area contributed by atoms with Gasteiger partial charge in [0.1, 0.15) is 0 Å². The van der Waals surface area contributed by atoms with Crippen molar-refractivity contribution in [3.05, 3.63) is 77.2 Å². The van der Waals surface area contributed by atoms with Gasteiger partial charge in [-0.2, -0.15) is 0 Å². The molecule has 0 aliphatic carbocycles. The maximum Gasteiger partial charge on any atom is 0.0506 e. The molecule has 0 radical (unpaired) electrons. The van der Waals surface area contributed by atoms with Crippen LogP contribution in [-0.2, 0) is 0 Å². The number of hydrogen-bond acceptors (Lipinski definition) is 1. The van der Waals surface area contributed by atoms with Gasteiger partial charge in [0.15, 0.2) is 0 Å². The summed E-state index contributed by atoms with van der Waals surface area (Å²) >= 11 is 12.3. The predicted molar refractivity (Wildman–Crippen MR) is 97.0 cm³/mol. The molecule has 0 atom stereocenters. The van der Waals surface area contributed by atoms with E-state index in [2.05, 4.69) is 16.0 Å². The van der Waals surface area contributed by atoms with Crippen LogP contribution in [0.15, 0.2) is 67.1 Å². The lowest BCUT2D eigenvalue weighted by atomic mass is 10.0. The van der Waals surface area contributed by atoms with Crippen molar-refractivity contribution in [1.29, 1.82) is 0 Å². The Bertz CT molecular complexity index is 988. The largest absolute Gasteiger partial charge is 0.360 e. The average Bonchev–Trinajstić information content (AvgIpc) is 3.01. The molecule has 2 nitrogen and oxygen atoms in total. The van der Waals surface area contributed by atoms with E-state index in [0.717, 1.165) is 43.2 Å². The van der Waals surface area contributed by atoms with Crippen molar-refractivity contribution in [2.45, 2.75) is 0 Å². The molecule has 4 heteroatoms. The highest BCUT2D eigenvalue weighted by Crippen LogP contribution is 2.34. The van der Waals surface area contributed by atoms with E-state index in [4.69, 9.17) is 23.2 Å². The Morgan fingerprint density at radius 1 is 0.826 bits per heavy atom. The summed E-state index contributed by atoms with van der Waals surface area (Å²) < 4.78 is 0. The van der Waals surface area contributed by atoms with Crippen LogP contribution < -0.4 is 0 Å². The second-order valence-electron chi connectivity index (χ2n) is 5.33. The Morgan fingerprint density at radius 2 is 1.61 bits per heavy atom. The summed E-state index contributed by atoms with van der Waals surface area (Å²) in [6.07, 6.45) is 5.67. The van der Waals surface area contributed by atoms with Crippen LogP contribution in [-0.4, -0.2) is 9.97 Å². The molecule has 112 valence electrons. The lowest BCUT2D eigenvalue weighted by Crippen LogP contribution is -1.84. The van der Waals surface area contributed by atoms with Gasteiger partial charge >= 0.3 is 0 Å². The Kier molecular flexibility index (Phi) is 3.56. The SMILES string of the molecule is Clc1ccc(-c2cncc(-c3c[nH]c4cccc(Cl)c34)c2)cc1. The predicted octanol–water partition coefficient (Wildman–Crippen LogP) is 6.20. The van der Waals surface area contributed by atoms with E-state index in [1.165, 1.54) is 0 Å². The van der Waals surface area contributed by atoms with E-state index in [9.17, 15) is 0 Å². The highest BCUT2D eigenvalue weighted by molar-refractivity contribution is 6.36. The summed E-state index contributed by atoms with van der Waals surface area (Å²) in [6, 6.07) is 15.7. The van der Waals surface area contributed by atoms with Gasteiger partial charge in [-0.1, -0.05) is 41.4 Å². The third kappa shape index (κ3) is 2.61. The molecule has 23 heavy (non-hydrogen) atoms. The van der Waals surface area contributed by atoms with E-state index in [0.29, 0.717) is 0 Å². The molecule has 0 spiro atoms. The summed E-state index contributed by atoms with van der Waals surface area (Å²) in [5.41, 5.74) is 5.21. The minimum Gasteiger partial charge on any atom is -0.360 e. The molecule has 2 aromatic carbocycles. The zero-order valence-electron chi connectivity index (χ0n) is 12.1. The number of rotatable bonds is 2. The van der Waals surface area contributed by atoms with Crippen LogP contribution in [0.4, 0.5) is 0 Å². The Balaban J connectivity index is 1.86. The monoisotopic (exact) mass is 338 g/mol. The van der Waals surface area contributed by atoms with E-state index >= 15 is 0 Å². The summed E-state index contributed by atoms with van der Waals surface area (Å²) in [6.45, 7) is 0. The fraction of sp³-hybridized carbons (Fsp3) is 0. The van der Waals surface area contributed by atoms with Gasteiger partial charge in [-0.3, -0.25) is 4.98 Å². The normalized spacial score (nSPS) is 11.0. The van der Waals surface area contributed by atoms with Crippen LogP contribution in [0.5, 0.6) is 0 Å².